The van der Waals surface area contributed by atoms with Gasteiger partial charge in [-0.15, -0.1) is 0 Å². The van der Waals surface area contributed by atoms with Crippen LogP contribution in [0.1, 0.15) is 18.4 Å². The molecule has 0 aliphatic heterocycles. The van der Waals surface area contributed by atoms with Crippen LogP contribution in [0.2, 0.25) is 0 Å². The minimum absolute atomic E-state index is 0.102. The van der Waals surface area contributed by atoms with Gasteiger partial charge in [-0.05, 0) is 48.9 Å². The van der Waals surface area contributed by atoms with Crippen molar-refractivity contribution in [1.82, 2.24) is 0 Å². The Bertz CT molecular complexity index is 390. The molecule has 1 aliphatic rings. The molecular formula is C11H13BrFNO. The van der Waals surface area contributed by atoms with Crippen molar-refractivity contribution >= 4 is 15.9 Å². The predicted molar refractivity (Wildman–Crippen MR) is 60.2 cm³/mol. The van der Waals surface area contributed by atoms with Crippen molar-refractivity contribution in [3.8, 4) is 5.75 Å². The minimum atomic E-state index is -0.577. The van der Waals surface area contributed by atoms with E-state index in [0.29, 0.717) is 23.0 Å². The Morgan fingerprint density at radius 2 is 2.13 bits per heavy atom. The van der Waals surface area contributed by atoms with Gasteiger partial charge in [0.1, 0.15) is 0 Å². The molecule has 82 valence electrons. The SMILES string of the molecule is NCC1(Cc2cc(Br)cc(F)c2O)CC1. The van der Waals surface area contributed by atoms with Crippen LogP contribution in [0.5, 0.6) is 5.75 Å². The summed E-state index contributed by atoms with van der Waals surface area (Å²) < 4.78 is 13.9. The molecule has 1 aromatic rings. The summed E-state index contributed by atoms with van der Waals surface area (Å²) in [4.78, 5) is 0. The molecule has 3 N–H and O–H groups in total. The summed E-state index contributed by atoms with van der Waals surface area (Å²) in [5, 5.41) is 9.57. The highest BCUT2D eigenvalue weighted by Crippen LogP contribution is 2.48. The van der Waals surface area contributed by atoms with Crippen LogP contribution in [0.25, 0.3) is 0 Å². The first-order valence-corrected chi connectivity index (χ1v) is 5.73. The molecule has 0 saturated heterocycles. The van der Waals surface area contributed by atoms with E-state index in [2.05, 4.69) is 15.9 Å². The van der Waals surface area contributed by atoms with Crippen LogP contribution in [0, 0.1) is 11.2 Å². The van der Waals surface area contributed by atoms with E-state index in [9.17, 15) is 9.50 Å². The van der Waals surface area contributed by atoms with Crippen molar-refractivity contribution in [1.29, 1.82) is 0 Å². The normalized spacial score (nSPS) is 17.8. The second-order valence-electron chi connectivity index (χ2n) is 4.28. The number of phenolic OH excluding ortho intramolecular Hbond substituents is 1. The maximum atomic E-state index is 13.2. The minimum Gasteiger partial charge on any atom is -0.505 e. The first-order valence-electron chi connectivity index (χ1n) is 4.93. The number of benzene rings is 1. The molecule has 15 heavy (non-hydrogen) atoms. The lowest BCUT2D eigenvalue weighted by molar-refractivity contribution is 0.415. The summed E-state index contributed by atoms with van der Waals surface area (Å²) in [6.45, 7) is 0.598. The number of nitrogens with two attached hydrogens (primary N) is 1. The summed E-state index contributed by atoms with van der Waals surface area (Å²) in [6, 6.07) is 3.02. The van der Waals surface area contributed by atoms with Gasteiger partial charge in [0, 0.05) is 4.47 Å². The van der Waals surface area contributed by atoms with Gasteiger partial charge in [-0.1, -0.05) is 15.9 Å². The maximum Gasteiger partial charge on any atom is 0.166 e. The molecule has 1 aliphatic carbocycles. The van der Waals surface area contributed by atoms with Crippen LogP contribution < -0.4 is 5.73 Å². The first kappa shape index (κ1) is 10.9. The average Bonchev–Trinajstić information content (AvgIpc) is 2.94. The zero-order valence-corrected chi connectivity index (χ0v) is 9.85. The molecule has 2 nitrogen and oxygen atoms in total. The van der Waals surface area contributed by atoms with Crippen LogP contribution in [-0.2, 0) is 6.42 Å². The molecule has 1 fully saturated rings. The number of phenols is 1. The molecule has 2 rings (SSSR count). The van der Waals surface area contributed by atoms with E-state index in [1.807, 2.05) is 0 Å². The number of hydrogen-bond donors (Lipinski definition) is 2. The Morgan fingerprint density at radius 3 is 2.67 bits per heavy atom. The Balaban J connectivity index is 2.28. The van der Waals surface area contributed by atoms with Crippen molar-refractivity contribution in [2.45, 2.75) is 19.3 Å². The monoisotopic (exact) mass is 273 g/mol. The lowest BCUT2D eigenvalue weighted by Gasteiger charge is -2.13. The zero-order chi connectivity index (χ0) is 11.1. The van der Waals surface area contributed by atoms with Gasteiger partial charge < -0.3 is 10.8 Å². The zero-order valence-electron chi connectivity index (χ0n) is 8.26. The summed E-state index contributed by atoms with van der Waals surface area (Å²) in [5.41, 5.74) is 6.40. The van der Waals surface area contributed by atoms with E-state index in [0.717, 1.165) is 12.8 Å². The van der Waals surface area contributed by atoms with Crippen molar-refractivity contribution in [3.05, 3.63) is 28.0 Å². The summed E-state index contributed by atoms with van der Waals surface area (Å²) >= 11 is 3.21. The average molecular weight is 274 g/mol. The standard InChI is InChI=1S/C11H13BrFNO/c12-8-3-7(10(15)9(13)4-8)5-11(6-14)1-2-11/h3-4,15H,1-2,5-6,14H2. The lowest BCUT2D eigenvalue weighted by Crippen LogP contribution is -2.18. The second kappa shape index (κ2) is 3.76. The molecule has 0 spiro atoms. The van der Waals surface area contributed by atoms with Crippen molar-refractivity contribution in [2.75, 3.05) is 6.54 Å². The van der Waals surface area contributed by atoms with Gasteiger partial charge in [0.25, 0.3) is 0 Å². The van der Waals surface area contributed by atoms with Gasteiger partial charge >= 0.3 is 0 Å². The van der Waals surface area contributed by atoms with Crippen LogP contribution >= 0.6 is 15.9 Å². The smallest absolute Gasteiger partial charge is 0.166 e. The Hall–Kier alpha value is -0.610. The van der Waals surface area contributed by atoms with Gasteiger partial charge in [-0.3, -0.25) is 0 Å². The van der Waals surface area contributed by atoms with E-state index in [4.69, 9.17) is 5.73 Å². The number of halogens is 2. The molecule has 0 amide bonds. The van der Waals surface area contributed by atoms with E-state index < -0.39 is 5.82 Å². The molecule has 4 heteroatoms. The van der Waals surface area contributed by atoms with E-state index in [1.54, 1.807) is 6.07 Å². The van der Waals surface area contributed by atoms with Crippen molar-refractivity contribution in [2.24, 2.45) is 11.1 Å². The highest BCUT2D eigenvalue weighted by molar-refractivity contribution is 9.10. The highest BCUT2D eigenvalue weighted by atomic mass is 79.9. The van der Waals surface area contributed by atoms with Crippen LogP contribution in [0.3, 0.4) is 0 Å². The first-order chi connectivity index (χ1) is 7.06. The molecule has 0 unspecified atom stereocenters. The van der Waals surface area contributed by atoms with E-state index in [-0.39, 0.29) is 11.2 Å². The van der Waals surface area contributed by atoms with Crippen LogP contribution in [-0.4, -0.2) is 11.7 Å². The second-order valence-corrected chi connectivity index (χ2v) is 5.19. The Labute approximate surface area is 96.4 Å². The quantitative estimate of drug-likeness (QED) is 0.889. The van der Waals surface area contributed by atoms with E-state index >= 15 is 0 Å². The van der Waals surface area contributed by atoms with Crippen LogP contribution in [0.4, 0.5) is 4.39 Å². The Kier molecular flexibility index (Phi) is 2.73. The molecule has 0 atom stereocenters. The van der Waals surface area contributed by atoms with Gasteiger partial charge in [0.05, 0.1) is 0 Å². The molecule has 0 bridgehead atoms. The largest absolute Gasteiger partial charge is 0.505 e. The molecule has 0 aromatic heterocycles. The molecule has 0 radical (unpaired) electrons. The fraction of sp³-hybridized carbons (Fsp3) is 0.455. The lowest BCUT2D eigenvalue weighted by atomic mass is 9.96. The Morgan fingerprint density at radius 1 is 1.47 bits per heavy atom. The molecule has 0 heterocycles. The number of rotatable bonds is 3. The number of aromatic hydroxyl groups is 1. The number of hydrogen-bond acceptors (Lipinski definition) is 2. The molecule has 1 saturated carbocycles. The van der Waals surface area contributed by atoms with Crippen LogP contribution in [0.15, 0.2) is 16.6 Å². The van der Waals surface area contributed by atoms with E-state index in [1.165, 1.54) is 6.07 Å². The summed E-state index contributed by atoms with van der Waals surface area (Å²) in [5.74, 6) is -0.815. The molecule has 1 aromatic carbocycles. The van der Waals surface area contributed by atoms with Crippen molar-refractivity contribution < 1.29 is 9.50 Å². The highest BCUT2D eigenvalue weighted by Gasteiger charge is 2.41. The topological polar surface area (TPSA) is 46.2 Å². The fourth-order valence-corrected chi connectivity index (χ4v) is 2.27. The predicted octanol–water partition coefficient (Wildman–Crippen LogP) is 2.58. The van der Waals surface area contributed by atoms with Gasteiger partial charge in [0.15, 0.2) is 11.6 Å². The molecular weight excluding hydrogens is 261 g/mol. The van der Waals surface area contributed by atoms with Gasteiger partial charge in [-0.25, -0.2) is 4.39 Å². The van der Waals surface area contributed by atoms with Gasteiger partial charge in [0.2, 0.25) is 0 Å². The third-order valence-corrected chi connectivity index (χ3v) is 3.52. The fourth-order valence-electron chi connectivity index (χ4n) is 1.79. The van der Waals surface area contributed by atoms with Gasteiger partial charge in [-0.2, -0.15) is 0 Å². The summed E-state index contributed by atoms with van der Waals surface area (Å²) in [6.07, 6.45) is 2.79. The summed E-state index contributed by atoms with van der Waals surface area (Å²) in [7, 11) is 0. The maximum absolute atomic E-state index is 13.2. The third kappa shape index (κ3) is 2.16. The van der Waals surface area contributed by atoms with Crippen molar-refractivity contribution in [3.63, 3.8) is 0 Å². The third-order valence-electron chi connectivity index (χ3n) is 3.06.